The van der Waals surface area contributed by atoms with Gasteiger partial charge in [0.2, 0.25) is 0 Å². The predicted molar refractivity (Wildman–Crippen MR) is 91.3 cm³/mol. The minimum absolute atomic E-state index is 0.0688. The van der Waals surface area contributed by atoms with Gasteiger partial charge in [-0.05, 0) is 45.3 Å². The molecule has 0 spiro atoms. The first kappa shape index (κ1) is 17.3. The molecule has 0 unspecified atom stereocenters. The van der Waals surface area contributed by atoms with E-state index in [4.69, 9.17) is 4.74 Å². The third-order valence-corrected chi connectivity index (χ3v) is 7.53. The van der Waals surface area contributed by atoms with E-state index in [1.54, 1.807) is 18.8 Å². The summed E-state index contributed by atoms with van der Waals surface area (Å²) < 4.78 is 35.9. The topological polar surface area (TPSA) is 73.2 Å². The average Bonchev–Trinajstić information content (AvgIpc) is 2.82. The van der Waals surface area contributed by atoms with E-state index in [-0.39, 0.29) is 17.4 Å². The van der Waals surface area contributed by atoms with Crippen molar-refractivity contribution in [2.24, 2.45) is 7.05 Å². The summed E-state index contributed by atoms with van der Waals surface area (Å²) >= 11 is 1.66. The lowest BCUT2D eigenvalue weighted by atomic mass is 9.89. The lowest BCUT2D eigenvalue weighted by molar-refractivity contribution is 0.00197. The molecule has 2 aliphatic carbocycles. The fourth-order valence-electron chi connectivity index (χ4n) is 3.63. The number of thioether (sulfide) groups is 1. The van der Waals surface area contributed by atoms with Crippen molar-refractivity contribution in [2.75, 3.05) is 12.9 Å². The molecule has 0 radical (unpaired) electrons. The Labute approximate surface area is 142 Å². The maximum atomic E-state index is 12.9. The highest BCUT2D eigenvalue weighted by Gasteiger charge is 2.44. The summed E-state index contributed by atoms with van der Waals surface area (Å²) in [5, 5.41) is 4.95. The maximum Gasteiger partial charge on any atom is 0.258 e. The molecule has 2 aliphatic rings. The molecule has 0 aromatic carbocycles. The molecule has 1 heterocycles. The summed E-state index contributed by atoms with van der Waals surface area (Å²) in [5.41, 5.74) is 1.86. The first-order valence-corrected chi connectivity index (χ1v) is 11.0. The van der Waals surface area contributed by atoms with E-state index in [0.29, 0.717) is 11.6 Å². The third-order valence-electron chi connectivity index (χ3n) is 4.72. The second-order valence-electron chi connectivity index (χ2n) is 6.22. The molecule has 1 N–H and O–H groups in total. The number of rotatable bonds is 6. The van der Waals surface area contributed by atoms with Crippen molar-refractivity contribution in [1.29, 1.82) is 0 Å². The molecule has 1 saturated carbocycles. The monoisotopic (exact) mass is 359 g/mol. The van der Waals surface area contributed by atoms with Gasteiger partial charge in [0.15, 0.2) is 5.03 Å². The highest BCUT2D eigenvalue weighted by Crippen LogP contribution is 2.35. The van der Waals surface area contributed by atoms with Crippen LogP contribution in [0.25, 0.3) is 0 Å². The normalized spacial score (nSPS) is 27.5. The van der Waals surface area contributed by atoms with Gasteiger partial charge in [-0.2, -0.15) is 16.9 Å². The van der Waals surface area contributed by atoms with Crippen LogP contribution in [0.1, 0.15) is 37.4 Å². The van der Waals surface area contributed by atoms with Crippen molar-refractivity contribution >= 4 is 21.8 Å². The SMILES string of the molecule is CCO[C@@H]1C[C@@H](NS(=O)(=O)c2c3c(nn2C)CCCC3)[C@@H]1SC. The average molecular weight is 360 g/mol. The standard InChI is InChI=1S/C15H25N3O3S2/c1-4-21-13-9-12(14(13)22-3)17-23(19,20)15-10-7-5-6-8-11(10)16-18(15)2/h12-14,17H,4-9H2,1-3H3/t12-,13-,14+/m1/s1. The van der Waals surface area contributed by atoms with Gasteiger partial charge >= 0.3 is 0 Å². The molecule has 23 heavy (non-hydrogen) atoms. The van der Waals surface area contributed by atoms with Crippen molar-refractivity contribution in [3.05, 3.63) is 11.3 Å². The molecule has 6 nitrogen and oxygen atoms in total. The molecule has 0 bridgehead atoms. The van der Waals surface area contributed by atoms with Crippen LogP contribution in [0.15, 0.2) is 5.03 Å². The van der Waals surface area contributed by atoms with Crippen molar-refractivity contribution in [3.8, 4) is 0 Å². The van der Waals surface area contributed by atoms with Gasteiger partial charge in [-0.1, -0.05) is 0 Å². The Hall–Kier alpha value is -0.570. The summed E-state index contributed by atoms with van der Waals surface area (Å²) in [6.45, 7) is 2.63. The Morgan fingerprint density at radius 3 is 2.83 bits per heavy atom. The Bertz CT molecular complexity index is 672. The number of hydrogen-bond acceptors (Lipinski definition) is 5. The number of aryl methyl sites for hydroxylation is 2. The summed E-state index contributed by atoms with van der Waals surface area (Å²) in [5.74, 6) is 0. The van der Waals surface area contributed by atoms with E-state index in [1.165, 1.54) is 4.68 Å². The van der Waals surface area contributed by atoms with Gasteiger partial charge in [-0.25, -0.2) is 13.1 Å². The van der Waals surface area contributed by atoms with Crippen LogP contribution in [0.4, 0.5) is 0 Å². The fraction of sp³-hybridized carbons (Fsp3) is 0.800. The molecule has 3 rings (SSSR count). The predicted octanol–water partition coefficient (Wildman–Crippen LogP) is 1.49. The summed E-state index contributed by atoms with van der Waals surface area (Å²) in [4.78, 5) is 0. The molecular weight excluding hydrogens is 334 g/mol. The number of nitrogens with one attached hydrogen (secondary N) is 1. The fourth-order valence-corrected chi connectivity index (χ4v) is 6.41. The van der Waals surface area contributed by atoms with E-state index in [1.807, 2.05) is 13.2 Å². The first-order valence-electron chi connectivity index (χ1n) is 8.19. The molecule has 0 amide bonds. The number of fused-ring (bicyclic) bond motifs is 1. The van der Waals surface area contributed by atoms with E-state index in [0.717, 1.165) is 43.4 Å². The second-order valence-corrected chi connectivity index (χ2v) is 8.86. The quantitative estimate of drug-likeness (QED) is 0.833. The summed E-state index contributed by atoms with van der Waals surface area (Å²) in [6.07, 6.45) is 6.68. The minimum Gasteiger partial charge on any atom is -0.377 e. The Kier molecular flexibility index (Phi) is 5.06. The van der Waals surface area contributed by atoms with Crippen LogP contribution in [-0.2, 0) is 34.6 Å². The smallest absolute Gasteiger partial charge is 0.258 e. The van der Waals surface area contributed by atoms with Crippen LogP contribution in [0, 0.1) is 0 Å². The zero-order valence-corrected chi connectivity index (χ0v) is 15.5. The van der Waals surface area contributed by atoms with Gasteiger partial charge in [0.1, 0.15) is 0 Å². The van der Waals surface area contributed by atoms with Gasteiger partial charge in [-0.15, -0.1) is 0 Å². The summed E-state index contributed by atoms with van der Waals surface area (Å²) in [6, 6.07) is -0.0688. The van der Waals surface area contributed by atoms with Crippen LogP contribution in [0.5, 0.6) is 0 Å². The first-order chi connectivity index (χ1) is 11.0. The summed E-state index contributed by atoms with van der Waals surface area (Å²) in [7, 11) is -1.82. The number of sulfonamides is 1. The number of hydrogen-bond donors (Lipinski definition) is 1. The van der Waals surface area contributed by atoms with Gasteiger partial charge in [0.05, 0.1) is 11.8 Å². The third kappa shape index (κ3) is 3.18. The number of aromatic nitrogens is 2. The lowest BCUT2D eigenvalue weighted by Gasteiger charge is -2.43. The van der Waals surface area contributed by atoms with Crippen molar-refractivity contribution < 1.29 is 13.2 Å². The van der Waals surface area contributed by atoms with Gasteiger partial charge < -0.3 is 4.74 Å². The number of nitrogens with zero attached hydrogens (tertiary/aromatic N) is 2. The molecule has 130 valence electrons. The van der Waals surface area contributed by atoms with E-state index in [2.05, 4.69) is 9.82 Å². The molecule has 1 fully saturated rings. The zero-order valence-electron chi connectivity index (χ0n) is 13.9. The van der Waals surface area contributed by atoms with Crippen molar-refractivity contribution in [3.63, 3.8) is 0 Å². The van der Waals surface area contributed by atoms with E-state index in [9.17, 15) is 8.42 Å². The molecule has 1 aromatic rings. The van der Waals surface area contributed by atoms with Crippen LogP contribution < -0.4 is 4.72 Å². The molecule has 0 aliphatic heterocycles. The molecule has 0 saturated heterocycles. The van der Waals surface area contributed by atoms with Crippen molar-refractivity contribution in [1.82, 2.24) is 14.5 Å². The van der Waals surface area contributed by atoms with Gasteiger partial charge in [0.25, 0.3) is 10.0 Å². The molecule has 3 atom stereocenters. The largest absolute Gasteiger partial charge is 0.377 e. The molecular formula is C15H25N3O3S2. The van der Waals surface area contributed by atoms with Crippen LogP contribution >= 0.6 is 11.8 Å². The number of ether oxygens (including phenoxy) is 1. The second kappa shape index (κ2) is 6.74. The van der Waals surface area contributed by atoms with Crippen LogP contribution in [0.2, 0.25) is 0 Å². The minimum atomic E-state index is -3.55. The highest BCUT2D eigenvalue weighted by atomic mass is 32.2. The molecule has 1 aromatic heterocycles. The lowest BCUT2D eigenvalue weighted by Crippen LogP contribution is -2.58. The maximum absolute atomic E-state index is 12.9. The van der Waals surface area contributed by atoms with Gasteiger partial charge in [-0.3, -0.25) is 4.68 Å². The molecule has 8 heteroatoms. The van der Waals surface area contributed by atoms with Crippen LogP contribution in [-0.4, -0.2) is 48.5 Å². The van der Waals surface area contributed by atoms with E-state index < -0.39 is 10.0 Å². The Balaban J connectivity index is 1.79. The highest BCUT2D eigenvalue weighted by molar-refractivity contribution is 7.99. The Morgan fingerprint density at radius 1 is 1.39 bits per heavy atom. The van der Waals surface area contributed by atoms with Crippen molar-refractivity contribution in [2.45, 2.75) is 61.4 Å². The van der Waals surface area contributed by atoms with Gasteiger partial charge in [0, 0.05) is 30.5 Å². The zero-order chi connectivity index (χ0) is 16.6. The van der Waals surface area contributed by atoms with E-state index >= 15 is 0 Å². The van der Waals surface area contributed by atoms with Crippen LogP contribution in [0.3, 0.4) is 0 Å². The Morgan fingerprint density at radius 2 is 2.13 bits per heavy atom.